The molecule has 0 amide bonds. The molecule has 3 aromatic carbocycles. The van der Waals surface area contributed by atoms with Gasteiger partial charge in [0.2, 0.25) is 0 Å². The average molecular weight is 337 g/mol. The summed E-state index contributed by atoms with van der Waals surface area (Å²) in [4.78, 5) is 21.8. The third kappa shape index (κ3) is 3.00. The Morgan fingerprint density at radius 1 is 0.960 bits per heavy atom. The van der Waals surface area contributed by atoms with Gasteiger partial charge in [0.1, 0.15) is 11.3 Å². The van der Waals surface area contributed by atoms with Crippen molar-refractivity contribution in [2.24, 2.45) is 10.2 Å². The molecule has 2 N–H and O–H groups in total. The van der Waals surface area contributed by atoms with Gasteiger partial charge in [-0.25, -0.2) is 4.79 Å². The van der Waals surface area contributed by atoms with Crippen molar-refractivity contribution < 1.29 is 19.9 Å². The summed E-state index contributed by atoms with van der Waals surface area (Å²) in [6.07, 6.45) is 0. The van der Waals surface area contributed by atoms with Crippen molar-refractivity contribution in [2.75, 3.05) is 0 Å². The van der Waals surface area contributed by atoms with Crippen LogP contribution in [0.3, 0.4) is 0 Å². The van der Waals surface area contributed by atoms with E-state index >= 15 is 0 Å². The van der Waals surface area contributed by atoms with Crippen LogP contribution in [0.1, 0.15) is 10.4 Å². The Kier molecular flexibility index (Phi) is 4.09. The first-order chi connectivity index (χ1) is 12.0. The highest BCUT2D eigenvalue weighted by atomic mass is 16.6. The van der Waals surface area contributed by atoms with Crippen molar-refractivity contribution in [3.8, 4) is 5.75 Å². The van der Waals surface area contributed by atoms with Crippen LogP contribution >= 0.6 is 0 Å². The number of carboxylic acid groups (broad SMARTS) is 1. The standard InChI is InChI=1S/C17H11N3O5/c21-16-11-6-2-1-5-10(11)14(9-12(16)17(22)23)19-18-13-7-3-4-8-15(13)20(24)25/h1-9,21H,(H,22,23). The molecule has 0 aromatic heterocycles. The number of carbonyl (C=O) groups is 1. The molecular weight excluding hydrogens is 326 g/mol. The maximum absolute atomic E-state index is 11.3. The number of phenols is 1. The topological polar surface area (TPSA) is 125 Å². The van der Waals surface area contributed by atoms with E-state index < -0.39 is 10.9 Å². The molecule has 0 fully saturated rings. The zero-order valence-electron chi connectivity index (χ0n) is 12.7. The van der Waals surface area contributed by atoms with Crippen LogP contribution in [0.5, 0.6) is 5.75 Å². The molecule has 0 saturated heterocycles. The van der Waals surface area contributed by atoms with E-state index in [1.54, 1.807) is 30.3 Å². The quantitative estimate of drug-likeness (QED) is 0.410. The van der Waals surface area contributed by atoms with Gasteiger partial charge in [-0.15, -0.1) is 10.2 Å². The molecule has 0 unspecified atom stereocenters. The van der Waals surface area contributed by atoms with Crippen LogP contribution in [-0.2, 0) is 0 Å². The fraction of sp³-hybridized carbons (Fsp3) is 0. The second-order valence-corrected chi connectivity index (χ2v) is 5.09. The molecule has 3 rings (SSSR count). The Morgan fingerprint density at radius 3 is 2.24 bits per heavy atom. The van der Waals surface area contributed by atoms with E-state index in [1.165, 1.54) is 24.3 Å². The predicted molar refractivity (Wildman–Crippen MR) is 89.8 cm³/mol. The zero-order chi connectivity index (χ0) is 18.0. The van der Waals surface area contributed by atoms with Crippen molar-refractivity contribution in [3.05, 3.63) is 70.3 Å². The van der Waals surface area contributed by atoms with Gasteiger partial charge in [0.15, 0.2) is 5.69 Å². The summed E-state index contributed by atoms with van der Waals surface area (Å²) in [6.45, 7) is 0. The third-order valence-corrected chi connectivity index (χ3v) is 3.57. The molecule has 25 heavy (non-hydrogen) atoms. The van der Waals surface area contributed by atoms with E-state index in [0.717, 1.165) is 0 Å². The van der Waals surface area contributed by atoms with Gasteiger partial charge in [-0.3, -0.25) is 10.1 Å². The Bertz CT molecular complexity index is 1030. The van der Waals surface area contributed by atoms with Gasteiger partial charge in [-0.2, -0.15) is 0 Å². The van der Waals surface area contributed by atoms with Gasteiger partial charge in [-0.1, -0.05) is 36.4 Å². The van der Waals surface area contributed by atoms with E-state index in [-0.39, 0.29) is 28.4 Å². The van der Waals surface area contributed by atoms with E-state index in [0.29, 0.717) is 10.8 Å². The van der Waals surface area contributed by atoms with E-state index in [9.17, 15) is 25.1 Å². The Balaban J connectivity index is 2.18. The lowest BCUT2D eigenvalue weighted by atomic mass is 10.0. The summed E-state index contributed by atoms with van der Waals surface area (Å²) < 4.78 is 0. The summed E-state index contributed by atoms with van der Waals surface area (Å²) in [5, 5.41) is 39.0. The smallest absolute Gasteiger partial charge is 0.339 e. The highest BCUT2D eigenvalue weighted by molar-refractivity contribution is 6.05. The fourth-order valence-corrected chi connectivity index (χ4v) is 2.40. The summed E-state index contributed by atoms with van der Waals surface area (Å²) >= 11 is 0. The van der Waals surface area contributed by atoms with E-state index in [1.807, 2.05) is 0 Å². The molecule has 124 valence electrons. The number of carboxylic acids is 1. The number of nitro groups is 1. The second kappa shape index (κ2) is 6.36. The number of aromatic hydroxyl groups is 1. The lowest BCUT2D eigenvalue weighted by Crippen LogP contribution is -1.97. The fourth-order valence-electron chi connectivity index (χ4n) is 2.40. The summed E-state index contributed by atoms with van der Waals surface area (Å²) in [6, 6.07) is 13.6. The van der Waals surface area contributed by atoms with Crippen molar-refractivity contribution in [1.29, 1.82) is 0 Å². The molecule has 0 saturated carbocycles. The first kappa shape index (κ1) is 16.1. The maximum Gasteiger partial charge on any atom is 0.339 e. The van der Waals surface area contributed by atoms with Gasteiger partial charge in [0, 0.05) is 16.8 Å². The van der Waals surface area contributed by atoms with Crippen LogP contribution in [0.4, 0.5) is 17.1 Å². The highest BCUT2D eigenvalue weighted by Gasteiger charge is 2.17. The number of nitrogens with zero attached hydrogens (tertiary/aromatic N) is 3. The number of hydrogen-bond donors (Lipinski definition) is 2. The lowest BCUT2D eigenvalue weighted by Gasteiger charge is -2.07. The first-order valence-corrected chi connectivity index (χ1v) is 7.12. The molecule has 8 heteroatoms. The van der Waals surface area contributed by atoms with Crippen molar-refractivity contribution >= 4 is 33.8 Å². The number of nitro benzene ring substituents is 1. The van der Waals surface area contributed by atoms with Crippen molar-refractivity contribution in [3.63, 3.8) is 0 Å². The highest BCUT2D eigenvalue weighted by Crippen LogP contribution is 2.37. The number of aromatic carboxylic acids is 1. The molecule has 0 aliphatic heterocycles. The minimum absolute atomic E-state index is 0.0431. The van der Waals surface area contributed by atoms with Crippen molar-refractivity contribution in [2.45, 2.75) is 0 Å². The normalized spacial score (nSPS) is 11.0. The van der Waals surface area contributed by atoms with Crippen LogP contribution in [0.25, 0.3) is 10.8 Å². The number of azo groups is 1. The second-order valence-electron chi connectivity index (χ2n) is 5.09. The van der Waals surface area contributed by atoms with Crippen LogP contribution in [-0.4, -0.2) is 21.1 Å². The SMILES string of the molecule is O=C(O)c1cc(N=Nc2ccccc2[N+](=O)[O-])c2ccccc2c1O. The van der Waals surface area contributed by atoms with E-state index in [2.05, 4.69) is 10.2 Å². The molecular formula is C17H11N3O5. The Labute approximate surface area is 140 Å². The predicted octanol–water partition coefficient (Wildman–Crippen LogP) is 4.57. The lowest BCUT2D eigenvalue weighted by molar-refractivity contribution is -0.384. The summed E-state index contributed by atoms with van der Waals surface area (Å²) in [5.74, 6) is -1.68. The van der Waals surface area contributed by atoms with Crippen molar-refractivity contribution in [1.82, 2.24) is 0 Å². The van der Waals surface area contributed by atoms with Gasteiger partial charge in [-0.05, 0) is 12.1 Å². The largest absolute Gasteiger partial charge is 0.506 e. The maximum atomic E-state index is 11.3. The number of benzene rings is 3. The molecule has 0 atom stereocenters. The molecule has 0 radical (unpaired) electrons. The van der Waals surface area contributed by atoms with Crippen LogP contribution in [0, 0.1) is 10.1 Å². The minimum Gasteiger partial charge on any atom is -0.506 e. The van der Waals surface area contributed by atoms with Gasteiger partial charge >= 0.3 is 5.97 Å². The summed E-state index contributed by atoms with van der Waals surface area (Å²) in [7, 11) is 0. The molecule has 0 bridgehead atoms. The Morgan fingerprint density at radius 2 is 1.56 bits per heavy atom. The third-order valence-electron chi connectivity index (χ3n) is 3.57. The minimum atomic E-state index is -1.31. The van der Waals surface area contributed by atoms with Gasteiger partial charge < -0.3 is 10.2 Å². The molecule has 0 aliphatic carbocycles. The monoisotopic (exact) mass is 337 g/mol. The number of fused-ring (bicyclic) bond motifs is 1. The van der Waals surface area contributed by atoms with E-state index in [4.69, 9.17) is 0 Å². The van der Waals surface area contributed by atoms with Gasteiger partial charge in [0.05, 0.1) is 10.6 Å². The van der Waals surface area contributed by atoms with Crippen LogP contribution < -0.4 is 0 Å². The zero-order valence-corrected chi connectivity index (χ0v) is 12.7. The molecule has 8 nitrogen and oxygen atoms in total. The number of hydrogen-bond acceptors (Lipinski definition) is 6. The molecule has 3 aromatic rings. The molecule has 0 heterocycles. The average Bonchev–Trinajstić information content (AvgIpc) is 2.61. The molecule has 0 spiro atoms. The van der Waals surface area contributed by atoms with Gasteiger partial charge in [0.25, 0.3) is 5.69 Å². The molecule has 0 aliphatic rings. The Hall–Kier alpha value is -3.81. The van der Waals surface area contributed by atoms with Crippen LogP contribution in [0.2, 0.25) is 0 Å². The number of para-hydroxylation sites is 1. The van der Waals surface area contributed by atoms with Crippen LogP contribution in [0.15, 0.2) is 64.8 Å². The summed E-state index contributed by atoms with van der Waals surface area (Å²) in [5.41, 5.74) is -0.312. The first-order valence-electron chi connectivity index (χ1n) is 7.12. The number of rotatable bonds is 4.